The SMILES string of the molecule is OCC1CCN(c2ccccc2NC2CCOCC2)CC1. The second-order valence-electron chi connectivity index (χ2n) is 6.16. The molecule has 3 rings (SSSR count). The van der Waals surface area contributed by atoms with E-state index in [0.29, 0.717) is 18.6 Å². The summed E-state index contributed by atoms with van der Waals surface area (Å²) in [6.45, 7) is 4.13. The van der Waals surface area contributed by atoms with Gasteiger partial charge in [-0.25, -0.2) is 0 Å². The molecule has 1 aromatic carbocycles. The van der Waals surface area contributed by atoms with E-state index in [1.165, 1.54) is 11.4 Å². The molecule has 0 amide bonds. The Labute approximate surface area is 127 Å². The molecule has 116 valence electrons. The maximum Gasteiger partial charge on any atom is 0.0602 e. The van der Waals surface area contributed by atoms with Gasteiger partial charge in [0.25, 0.3) is 0 Å². The zero-order valence-corrected chi connectivity index (χ0v) is 12.6. The van der Waals surface area contributed by atoms with E-state index in [-0.39, 0.29) is 0 Å². The van der Waals surface area contributed by atoms with Crippen LogP contribution in [-0.2, 0) is 4.74 Å². The zero-order valence-electron chi connectivity index (χ0n) is 12.6. The Morgan fingerprint density at radius 1 is 1.10 bits per heavy atom. The van der Waals surface area contributed by atoms with Crippen LogP contribution in [0.5, 0.6) is 0 Å². The number of hydrogen-bond donors (Lipinski definition) is 2. The van der Waals surface area contributed by atoms with E-state index in [0.717, 1.165) is 52.0 Å². The summed E-state index contributed by atoms with van der Waals surface area (Å²) in [5.41, 5.74) is 2.55. The number of aliphatic hydroxyl groups excluding tert-OH is 1. The summed E-state index contributed by atoms with van der Waals surface area (Å²) < 4.78 is 5.43. The molecule has 2 aliphatic heterocycles. The highest BCUT2D eigenvalue weighted by Gasteiger charge is 2.21. The van der Waals surface area contributed by atoms with Crippen molar-refractivity contribution >= 4 is 11.4 Å². The van der Waals surface area contributed by atoms with Crippen molar-refractivity contribution < 1.29 is 9.84 Å². The third kappa shape index (κ3) is 3.69. The number of nitrogens with one attached hydrogen (secondary N) is 1. The van der Waals surface area contributed by atoms with E-state index >= 15 is 0 Å². The highest BCUT2D eigenvalue weighted by Crippen LogP contribution is 2.31. The summed E-state index contributed by atoms with van der Waals surface area (Å²) in [6, 6.07) is 9.13. The van der Waals surface area contributed by atoms with Crippen LogP contribution in [0.3, 0.4) is 0 Å². The Hall–Kier alpha value is -1.26. The molecule has 2 heterocycles. The Balaban J connectivity index is 1.67. The van der Waals surface area contributed by atoms with Crippen molar-refractivity contribution in [3.05, 3.63) is 24.3 Å². The third-order valence-corrected chi connectivity index (χ3v) is 4.70. The second kappa shape index (κ2) is 7.14. The van der Waals surface area contributed by atoms with Crippen LogP contribution in [0.1, 0.15) is 25.7 Å². The number of aliphatic hydroxyl groups is 1. The maximum atomic E-state index is 9.28. The molecule has 4 heteroatoms. The molecule has 2 aliphatic rings. The van der Waals surface area contributed by atoms with Gasteiger partial charge >= 0.3 is 0 Å². The minimum atomic E-state index is 0.329. The number of piperidine rings is 1. The lowest BCUT2D eigenvalue weighted by Crippen LogP contribution is -2.36. The molecule has 0 aliphatic carbocycles. The Morgan fingerprint density at radius 3 is 2.52 bits per heavy atom. The van der Waals surface area contributed by atoms with Crippen molar-refractivity contribution in [3.63, 3.8) is 0 Å². The summed E-state index contributed by atoms with van der Waals surface area (Å²) >= 11 is 0. The molecule has 0 aromatic heterocycles. The van der Waals surface area contributed by atoms with E-state index in [1.54, 1.807) is 0 Å². The van der Waals surface area contributed by atoms with Gasteiger partial charge in [0.1, 0.15) is 0 Å². The van der Waals surface area contributed by atoms with Crippen molar-refractivity contribution in [3.8, 4) is 0 Å². The largest absolute Gasteiger partial charge is 0.396 e. The van der Waals surface area contributed by atoms with Crippen LogP contribution in [0.2, 0.25) is 0 Å². The monoisotopic (exact) mass is 290 g/mol. The fraction of sp³-hybridized carbons (Fsp3) is 0.647. The van der Waals surface area contributed by atoms with Crippen LogP contribution in [0.4, 0.5) is 11.4 Å². The lowest BCUT2D eigenvalue weighted by Gasteiger charge is -2.35. The number of rotatable bonds is 4. The normalized spacial score (nSPS) is 21.5. The quantitative estimate of drug-likeness (QED) is 0.894. The molecule has 0 unspecified atom stereocenters. The van der Waals surface area contributed by atoms with Crippen LogP contribution in [0.15, 0.2) is 24.3 Å². The smallest absolute Gasteiger partial charge is 0.0602 e. The topological polar surface area (TPSA) is 44.7 Å². The van der Waals surface area contributed by atoms with Crippen LogP contribution in [0, 0.1) is 5.92 Å². The fourth-order valence-corrected chi connectivity index (χ4v) is 3.29. The van der Waals surface area contributed by atoms with Crippen molar-refractivity contribution in [1.29, 1.82) is 0 Å². The van der Waals surface area contributed by atoms with Crippen LogP contribution in [-0.4, -0.2) is 44.1 Å². The summed E-state index contributed by atoms with van der Waals surface area (Å²) in [7, 11) is 0. The number of para-hydroxylation sites is 2. The Morgan fingerprint density at radius 2 is 1.81 bits per heavy atom. The molecular formula is C17H26N2O2. The summed E-state index contributed by atoms with van der Waals surface area (Å²) in [4.78, 5) is 2.45. The average molecular weight is 290 g/mol. The number of anilines is 2. The molecule has 21 heavy (non-hydrogen) atoms. The first kappa shape index (κ1) is 14.7. The molecule has 2 N–H and O–H groups in total. The van der Waals surface area contributed by atoms with Gasteiger partial charge in [0.05, 0.1) is 11.4 Å². The van der Waals surface area contributed by atoms with Gasteiger partial charge in [0, 0.05) is 39.0 Å². The van der Waals surface area contributed by atoms with E-state index in [9.17, 15) is 5.11 Å². The van der Waals surface area contributed by atoms with Crippen LogP contribution < -0.4 is 10.2 Å². The van der Waals surface area contributed by atoms with Crippen molar-refractivity contribution in [1.82, 2.24) is 0 Å². The van der Waals surface area contributed by atoms with E-state index in [2.05, 4.69) is 34.5 Å². The van der Waals surface area contributed by atoms with Gasteiger partial charge in [-0.1, -0.05) is 12.1 Å². The summed E-state index contributed by atoms with van der Waals surface area (Å²) in [5.74, 6) is 0.483. The van der Waals surface area contributed by atoms with Crippen LogP contribution in [0.25, 0.3) is 0 Å². The Bertz CT molecular complexity index is 438. The number of ether oxygens (including phenoxy) is 1. The molecule has 0 saturated carbocycles. The molecule has 2 fully saturated rings. The summed E-state index contributed by atoms with van der Waals surface area (Å²) in [6.07, 6.45) is 4.34. The first-order valence-electron chi connectivity index (χ1n) is 8.16. The van der Waals surface area contributed by atoms with E-state index in [1.807, 2.05) is 0 Å². The fourth-order valence-electron chi connectivity index (χ4n) is 3.29. The average Bonchev–Trinajstić information content (AvgIpc) is 2.56. The van der Waals surface area contributed by atoms with Gasteiger partial charge in [-0.15, -0.1) is 0 Å². The van der Waals surface area contributed by atoms with Gasteiger partial charge in [-0.2, -0.15) is 0 Å². The van der Waals surface area contributed by atoms with E-state index in [4.69, 9.17) is 4.74 Å². The Kier molecular flexibility index (Phi) is 4.99. The van der Waals surface area contributed by atoms with Crippen molar-refractivity contribution in [2.45, 2.75) is 31.7 Å². The molecular weight excluding hydrogens is 264 g/mol. The second-order valence-corrected chi connectivity index (χ2v) is 6.16. The molecule has 0 spiro atoms. The number of hydrogen-bond acceptors (Lipinski definition) is 4. The van der Waals surface area contributed by atoms with Crippen molar-refractivity contribution in [2.75, 3.05) is 43.1 Å². The van der Waals surface area contributed by atoms with Crippen LogP contribution >= 0.6 is 0 Å². The highest BCUT2D eigenvalue weighted by molar-refractivity contribution is 5.70. The van der Waals surface area contributed by atoms with Gasteiger partial charge in [0.15, 0.2) is 0 Å². The number of benzene rings is 1. The lowest BCUT2D eigenvalue weighted by atomic mass is 9.97. The molecule has 2 saturated heterocycles. The first-order valence-corrected chi connectivity index (χ1v) is 8.16. The number of nitrogens with zero attached hydrogens (tertiary/aromatic N) is 1. The molecule has 4 nitrogen and oxygen atoms in total. The van der Waals surface area contributed by atoms with Gasteiger partial charge in [-0.05, 0) is 43.7 Å². The molecule has 0 bridgehead atoms. The van der Waals surface area contributed by atoms with Gasteiger partial charge in [-0.3, -0.25) is 0 Å². The molecule has 1 aromatic rings. The summed E-state index contributed by atoms with van der Waals surface area (Å²) in [5, 5.41) is 13.0. The van der Waals surface area contributed by atoms with Gasteiger partial charge in [0.2, 0.25) is 0 Å². The molecule has 0 atom stereocenters. The van der Waals surface area contributed by atoms with Crippen molar-refractivity contribution in [2.24, 2.45) is 5.92 Å². The van der Waals surface area contributed by atoms with Gasteiger partial charge < -0.3 is 20.1 Å². The predicted octanol–water partition coefficient (Wildman–Crippen LogP) is 2.49. The lowest BCUT2D eigenvalue weighted by molar-refractivity contribution is 0.0904. The first-order chi connectivity index (χ1) is 10.4. The predicted molar refractivity (Wildman–Crippen MR) is 85.9 cm³/mol. The third-order valence-electron chi connectivity index (χ3n) is 4.70. The molecule has 0 radical (unpaired) electrons. The maximum absolute atomic E-state index is 9.28. The minimum Gasteiger partial charge on any atom is -0.396 e. The zero-order chi connectivity index (χ0) is 14.5. The standard InChI is InChI=1S/C17H26N2O2/c20-13-14-5-9-19(10-6-14)17-4-2-1-3-16(17)18-15-7-11-21-12-8-15/h1-4,14-15,18,20H,5-13H2. The minimum absolute atomic E-state index is 0.329. The highest BCUT2D eigenvalue weighted by atomic mass is 16.5. The van der Waals surface area contributed by atoms with E-state index < -0.39 is 0 Å².